The molecule has 0 unspecified atom stereocenters. The molecule has 0 saturated carbocycles. The molecule has 0 aliphatic carbocycles. The molecule has 0 aromatic rings. The molecule has 1 aliphatic rings. The number of rotatable bonds is 3. The summed E-state index contributed by atoms with van der Waals surface area (Å²) in [5.74, 6) is 2.02. The first kappa shape index (κ1) is 13.9. The zero-order valence-electron chi connectivity index (χ0n) is 9.54. The minimum Gasteiger partial charge on any atom is -0.394 e. The minimum atomic E-state index is -1.26. The van der Waals surface area contributed by atoms with Gasteiger partial charge in [-0.25, -0.2) is 0 Å². The second-order valence-corrected chi connectivity index (χ2v) is 4.01. The van der Waals surface area contributed by atoms with Gasteiger partial charge in [-0.15, -0.1) is 12.3 Å². The van der Waals surface area contributed by atoms with Crippen LogP contribution < -0.4 is 5.32 Å². The molecule has 6 heteroatoms. The van der Waals surface area contributed by atoms with Crippen molar-refractivity contribution >= 4 is 5.91 Å². The Bertz CT molecular complexity index is 313. The molecule has 0 bridgehead atoms. The number of aliphatic hydroxyl groups is 3. The molecule has 6 nitrogen and oxygen atoms in total. The molecule has 0 spiro atoms. The summed E-state index contributed by atoms with van der Waals surface area (Å²) in [5, 5.41) is 31.0. The molecule has 1 rings (SSSR count). The molecule has 5 atom stereocenters. The number of ether oxygens (including phenoxy) is 1. The van der Waals surface area contributed by atoms with E-state index in [1.165, 1.54) is 6.92 Å². The molecule has 1 fully saturated rings. The van der Waals surface area contributed by atoms with Crippen molar-refractivity contribution < 1.29 is 24.9 Å². The number of amides is 1. The molecule has 4 N–H and O–H groups in total. The molecule has 1 amide bonds. The van der Waals surface area contributed by atoms with Crippen molar-refractivity contribution in [2.75, 3.05) is 6.61 Å². The Morgan fingerprint density at radius 3 is 2.53 bits per heavy atom. The number of nitrogens with one attached hydrogen (secondary N) is 1. The lowest BCUT2D eigenvalue weighted by Crippen LogP contribution is -2.63. The van der Waals surface area contributed by atoms with Crippen LogP contribution in [-0.4, -0.2) is 58.3 Å². The van der Waals surface area contributed by atoms with Crippen LogP contribution in [0.15, 0.2) is 0 Å². The quantitative estimate of drug-likeness (QED) is 0.430. The summed E-state index contributed by atoms with van der Waals surface area (Å²) in [5.41, 5.74) is 0. The molecule has 1 aliphatic heterocycles. The third-order valence-electron chi connectivity index (χ3n) is 2.72. The van der Waals surface area contributed by atoms with E-state index in [9.17, 15) is 15.0 Å². The first-order valence-electron chi connectivity index (χ1n) is 5.34. The van der Waals surface area contributed by atoms with Crippen LogP contribution in [0.2, 0.25) is 0 Å². The maximum absolute atomic E-state index is 11.0. The zero-order chi connectivity index (χ0) is 13.0. The summed E-state index contributed by atoms with van der Waals surface area (Å²) < 4.78 is 5.35. The second-order valence-electron chi connectivity index (χ2n) is 4.01. The van der Waals surface area contributed by atoms with Gasteiger partial charge in [0.25, 0.3) is 0 Å². The number of hydrogen-bond donors (Lipinski definition) is 4. The molecular weight excluding hydrogens is 226 g/mol. The van der Waals surface area contributed by atoms with E-state index >= 15 is 0 Å². The molecule has 96 valence electrons. The topological polar surface area (TPSA) is 99.0 Å². The van der Waals surface area contributed by atoms with Gasteiger partial charge in [-0.05, 0) is 0 Å². The van der Waals surface area contributed by atoms with Crippen molar-refractivity contribution in [2.24, 2.45) is 0 Å². The van der Waals surface area contributed by atoms with E-state index in [4.69, 9.17) is 16.3 Å². The van der Waals surface area contributed by atoms with Crippen molar-refractivity contribution in [3.63, 3.8) is 0 Å². The molecule has 1 saturated heterocycles. The second kappa shape index (κ2) is 5.98. The monoisotopic (exact) mass is 243 g/mol. The van der Waals surface area contributed by atoms with Crippen LogP contribution in [0.1, 0.15) is 13.3 Å². The van der Waals surface area contributed by atoms with E-state index in [0.29, 0.717) is 0 Å². The summed E-state index contributed by atoms with van der Waals surface area (Å²) >= 11 is 0. The fourth-order valence-corrected chi connectivity index (χ4v) is 1.90. The Balaban J connectivity index is 2.83. The Labute approximate surface area is 99.6 Å². The number of carbonyl (C=O) groups is 1. The van der Waals surface area contributed by atoms with Crippen LogP contribution in [0.5, 0.6) is 0 Å². The van der Waals surface area contributed by atoms with Crippen molar-refractivity contribution in [3.05, 3.63) is 0 Å². The summed E-state index contributed by atoms with van der Waals surface area (Å²) in [4.78, 5) is 11.0. The lowest BCUT2D eigenvalue weighted by atomic mass is 9.91. The Morgan fingerprint density at radius 2 is 2.06 bits per heavy atom. The van der Waals surface area contributed by atoms with Crippen molar-refractivity contribution in [1.82, 2.24) is 5.32 Å². The number of hydrogen-bond acceptors (Lipinski definition) is 5. The van der Waals surface area contributed by atoms with E-state index in [0.717, 1.165) is 0 Å². The summed E-state index contributed by atoms with van der Waals surface area (Å²) in [7, 11) is 0. The fraction of sp³-hybridized carbons (Fsp3) is 0.727. The maximum Gasteiger partial charge on any atom is 0.217 e. The van der Waals surface area contributed by atoms with Crippen molar-refractivity contribution in [3.8, 4) is 12.3 Å². The molecule has 17 heavy (non-hydrogen) atoms. The molecule has 0 aromatic heterocycles. The third-order valence-corrected chi connectivity index (χ3v) is 2.72. The van der Waals surface area contributed by atoms with Gasteiger partial charge in [0.15, 0.2) is 0 Å². The largest absolute Gasteiger partial charge is 0.394 e. The molecule has 0 radical (unpaired) electrons. The molecule has 0 aromatic carbocycles. The van der Waals surface area contributed by atoms with Gasteiger partial charge in [0.05, 0.1) is 18.8 Å². The normalized spacial score (nSPS) is 37.2. The highest BCUT2D eigenvalue weighted by Gasteiger charge is 2.44. The van der Waals surface area contributed by atoms with Crippen LogP contribution in [0, 0.1) is 12.3 Å². The number of aliphatic hydroxyl groups excluding tert-OH is 3. The van der Waals surface area contributed by atoms with E-state index in [2.05, 4.69) is 11.2 Å². The van der Waals surface area contributed by atoms with E-state index in [1.54, 1.807) is 0 Å². The Morgan fingerprint density at radius 1 is 1.41 bits per heavy atom. The van der Waals surface area contributed by atoms with Gasteiger partial charge in [-0.3, -0.25) is 4.79 Å². The van der Waals surface area contributed by atoms with Crippen molar-refractivity contribution in [1.29, 1.82) is 0 Å². The van der Waals surface area contributed by atoms with E-state index in [1.807, 2.05) is 0 Å². The summed E-state index contributed by atoms with van der Waals surface area (Å²) in [6.45, 7) is 0.871. The van der Waals surface area contributed by atoms with Gasteiger partial charge in [0, 0.05) is 13.3 Å². The average Bonchev–Trinajstić information content (AvgIpc) is 2.28. The predicted octanol–water partition coefficient (Wildman–Crippen LogP) is -2.00. The third kappa shape index (κ3) is 3.17. The van der Waals surface area contributed by atoms with Crippen LogP contribution >= 0.6 is 0 Å². The van der Waals surface area contributed by atoms with Crippen LogP contribution in [0.3, 0.4) is 0 Å². The highest BCUT2D eigenvalue weighted by atomic mass is 16.5. The highest BCUT2D eigenvalue weighted by Crippen LogP contribution is 2.22. The van der Waals surface area contributed by atoms with Gasteiger partial charge in [-0.1, -0.05) is 0 Å². The van der Waals surface area contributed by atoms with Gasteiger partial charge in [0.1, 0.15) is 18.3 Å². The maximum atomic E-state index is 11.0. The van der Waals surface area contributed by atoms with Gasteiger partial charge in [0.2, 0.25) is 5.91 Å². The van der Waals surface area contributed by atoms with Crippen molar-refractivity contribution in [2.45, 2.75) is 43.8 Å². The van der Waals surface area contributed by atoms with Crippen LogP contribution in [0.25, 0.3) is 0 Å². The van der Waals surface area contributed by atoms with Gasteiger partial charge < -0.3 is 25.4 Å². The zero-order valence-corrected chi connectivity index (χ0v) is 9.54. The Hall–Kier alpha value is -1.13. The predicted molar refractivity (Wildman–Crippen MR) is 58.8 cm³/mol. The smallest absolute Gasteiger partial charge is 0.217 e. The van der Waals surface area contributed by atoms with Gasteiger partial charge in [-0.2, -0.15) is 0 Å². The summed E-state index contributed by atoms with van der Waals surface area (Å²) in [6.07, 6.45) is 1.34. The lowest BCUT2D eigenvalue weighted by molar-refractivity contribution is -0.193. The average molecular weight is 243 g/mol. The van der Waals surface area contributed by atoms with Crippen LogP contribution in [-0.2, 0) is 9.53 Å². The first-order valence-corrected chi connectivity index (χ1v) is 5.34. The number of terminal acetylenes is 1. The first-order chi connectivity index (χ1) is 8.01. The SMILES string of the molecule is C#CC[C@H]1O[C@H](CO)[C@H](O)[C@H](O)[C@H]1NC(C)=O. The van der Waals surface area contributed by atoms with Gasteiger partial charge >= 0.3 is 0 Å². The highest BCUT2D eigenvalue weighted by molar-refractivity contribution is 5.73. The minimum absolute atomic E-state index is 0.172. The van der Waals surface area contributed by atoms with E-state index in [-0.39, 0.29) is 12.3 Å². The lowest BCUT2D eigenvalue weighted by Gasteiger charge is -2.42. The standard InChI is InChI=1S/C11H17NO5/c1-3-4-7-9(12-6(2)14)11(16)10(15)8(5-13)17-7/h1,7-11,13,15-16H,4-5H2,2H3,(H,12,14)/t7-,8-,9+,10+,11-/m1/s1. The van der Waals surface area contributed by atoms with E-state index < -0.39 is 37.1 Å². The number of carbonyl (C=O) groups excluding carboxylic acids is 1. The molecule has 1 heterocycles. The Kier molecular flexibility index (Phi) is 4.90. The fourth-order valence-electron chi connectivity index (χ4n) is 1.90. The summed E-state index contributed by atoms with van der Waals surface area (Å²) in [6, 6.07) is -0.777. The van der Waals surface area contributed by atoms with Crippen LogP contribution in [0.4, 0.5) is 0 Å². The molecular formula is C11H17NO5.